The summed E-state index contributed by atoms with van der Waals surface area (Å²) < 4.78 is 29.9. The van der Waals surface area contributed by atoms with Gasteiger partial charge in [-0.15, -0.1) is 11.6 Å². The van der Waals surface area contributed by atoms with Gasteiger partial charge in [0.05, 0.1) is 23.4 Å². The Morgan fingerprint density at radius 3 is 2.87 bits per heavy atom. The molecule has 2 aromatic rings. The summed E-state index contributed by atoms with van der Waals surface area (Å²) in [4.78, 5) is 12.6. The number of carbonyl (C=O) groups is 1. The fourth-order valence-electron chi connectivity index (χ4n) is 1.95. The molecule has 0 spiro atoms. The Morgan fingerprint density at radius 1 is 1.61 bits per heavy atom. The average molecular weight is 364 g/mol. The van der Waals surface area contributed by atoms with Crippen molar-refractivity contribution in [3.05, 3.63) is 28.2 Å². The minimum Gasteiger partial charge on any atom is -0.416 e. The van der Waals surface area contributed by atoms with E-state index in [2.05, 4.69) is 20.0 Å². The van der Waals surface area contributed by atoms with Crippen molar-refractivity contribution in [2.75, 3.05) is 5.88 Å². The summed E-state index contributed by atoms with van der Waals surface area (Å²) in [5, 5.41) is 18.6. The van der Waals surface area contributed by atoms with Crippen molar-refractivity contribution in [3.8, 4) is 11.9 Å². The molecule has 1 N–H and O–H groups in total. The molecule has 1 atom stereocenters. The molecule has 122 valence electrons. The summed E-state index contributed by atoms with van der Waals surface area (Å²) in [5.74, 6) is -2.26. The number of nitriles is 1. The number of Topliss-reactive ketones (excluding diaryl/α,β-unsaturated/α-hetero) is 1. The van der Waals surface area contributed by atoms with Crippen molar-refractivity contribution in [2.45, 2.75) is 12.5 Å². The molecule has 0 aromatic carbocycles. The minimum absolute atomic E-state index is 0.139. The van der Waals surface area contributed by atoms with E-state index >= 15 is 0 Å². The van der Waals surface area contributed by atoms with Crippen LogP contribution in [-0.4, -0.2) is 38.3 Å². The van der Waals surface area contributed by atoms with Crippen LogP contribution in [-0.2, 0) is 7.05 Å². The second-order valence-electron chi connectivity index (χ2n) is 4.35. The maximum Gasteiger partial charge on any atom is 0.388 e. The number of alkyl halides is 3. The number of nitrogens with zero attached hydrogens (tertiary/aromatic N) is 4. The van der Waals surface area contributed by atoms with Crippen LogP contribution < -0.4 is 4.74 Å². The molecule has 2 rings (SSSR count). The molecule has 1 unspecified atom stereocenters. The molecular formula is C12H9Cl2F2N5O2. The van der Waals surface area contributed by atoms with Gasteiger partial charge in [-0.05, 0) is 0 Å². The predicted octanol–water partition coefficient (Wildman–Crippen LogP) is 2.47. The van der Waals surface area contributed by atoms with E-state index in [1.54, 1.807) is 0 Å². The molecular weight excluding hydrogens is 355 g/mol. The van der Waals surface area contributed by atoms with Crippen LogP contribution in [0.2, 0.25) is 5.02 Å². The molecule has 2 heterocycles. The molecule has 23 heavy (non-hydrogen) atoms. The van der Waals surface area contributed by atoms with Crippen molar-refractivity contribution in [1.82, 2.24) is 20.0 Å². The zero-order valence-electron chi connectivity index (χ0n) is 11.6. The van der Waals surface area contributed by atoms with Gasteiger partial charge in [0.2, 0.25) is 5.88 Å². The van der Waals surface area contributed by atoms with Gasteiger partial charge in [-0.3, -0.25) is 9.89 Å². The summed E-state index contributed by atoms with van der Waals surface area (Å²) in [6.45, 7) is -3.12. The molecule has 0 saturated heterocycles. The number of ketones is 1. The van der Waals surface area contributed by atoms with Crippen LogP contribution in [0.1, 0.15) is 27.7 Å². The third-order valence-corrected chi connectivity index (χ3v) is 3.63. The number of aromatic amines is 1. The smallest absolute Gasteiger partial charge is 0.388 e. The number of nitrogens with one attached hydrogen (secondary N) is 1. The third kappa shape index (κ3) is 3.28. The number of halogens is 4. The lowest BCUT2D eigenvalue weighted by molar-refractivity contribution is -0.0552. The number of aromatic nitrogens is 4. The summed E-state index contributed by atoms with van der Waals surface area (Å²) >= 11 is 11.7. The Hall–Kier alpha value is -2.18. The van der Waals surface area contributed by atoms with Crippen molar-refractivity contribution in [3.63, 3.8) is 0 Å². The SMILES string of the molecule is Cn1nc(C(=O)C(CCl)c2[nH]ncc2C#N)c(Cl)c1OC(F)F. The molecule has 0 saturated carbocycles. The van der Waals surface area contributed by atoms with Crippen LogP contribution in [0, 0.1) is 11.3 Å². The topological polar surface area (TPSA) is 96.6 Å². The number of rotatable bonds is 6. The van der Waals surface area contributed by atoms with E-state index in [0.717, 1.165) is 4.68 Å². The Bertz CT molecular complexity index is 768. The summed E-state index contributed by atoms with van der Waals surface area (Å²) in [7, 11) is 1.30. The number of H-pyrrole nitrogens is 1. The zero-order chi connectivity index (χ0) is 17.1. The number of carbonyl (C=O) groups excluding carboxylic acids is 1. The molecule has 0 aliphatic rings. The number of aryl methyl sites for hydroxylation is 1. The maximum atomic E-state index is 12.6. The average Bonchev–Trinajstić information content (AvgIpc) is 3.07. The summed E-state index contributed by atoms with van der Waals surface area (Å²) in [6, 6.07) is 1.87. The fourth-order valence-corrected chi connectivity index (χ4v) is 2.54. The van der Waals surface area contributed by atoms with E-state index in [-0.39, 0.29) is 27.9 Å². The van der Waals surface area contributed by atoms with E-state index in [1.807, 2.05) is 6.07 Å². The second kappa shape index (κ2) is 6.93. The Labute approximate surface area is 138 Å². The first kappa shape index (κ1) is 17.2. The van der Waals surface area contributed by atoms with Gasteiger partial charge in [-0.2, -0.15) is 24.2 Å². The summed E-state index contributed by atoms with van der Waals surface area (Å²) in [6.07, 6.45) is 1.24. The van der Waals surface area contributed by atoms with Gasteiger partial charge in [-0.25, -0.2) is 4.68 Å². The van der Waals surface area contributed by atoms with E-state index in [1.165, 1.54) is 13.2 Å². The summed E-state index contributed by atoms with van der Waals surface area (Å²) in [5.41, 5.74) is 0.0552. The van der Waals surface area contributed by atoms with Gasteiger partial charge in [0.15, 0.2) is 11.5 Å². The fraction of sp³-hybridized carbons (Fsp3) is 0.333. The standard InChI is InChI=1S/C12H9Cl2F2N5O2/c1-21-11(23-12(15)16)7(14)9(20-21)10(22)6(2-13)8-5(3-17)4-18-19-8/h4,6,12H,2H2,1H3,(H,18,19). The highest BCUT2D eigenvalue weighted by atomic mass is 35.5. The molecule has 0 fully saturated rings. The monoisotopic (exact) mass is 363 g/mol. The lowest BCUT2D eigenvalue weighted by Crippen LogP contribution is -2.17. The lowest BCUT2D eigenvalue weighted by Gasteiger charge is -2.09. The number of hydrogen-bond donors (Lipinski definition) is 1. The molecule has 0 radical (unpaired) electrons. The molecule has 11 heteroatoms. The van der Waals surface area contributed by atoms with Gasteiger partial charge < -0.3 is 4.74 Å². The van der Waals surface area contributed by atoms with Crippen LogP contribution >= 0.6 is 23.2 Å². The first-order chi connectivity index (χ1) is 10.9. The van der Waals surface area contributed by atoms with E-state index < -0.39 is 24.2 Å². The van der Waals surface area contributed by atoms with E-state index in [9.17, 15) is 13.6 Å². The van der Waals surface area contributed by atoms with Gasteiger partial charge in [-0.1, -0.05) is 11.6 Å². The van der Waals surface area contributed by atoms with E-state index in [0.29, 0.717) is 0 Å². The Kier molecular flexibility index (Phi) is 5.18. The molecule has 0 aliphatic heterocycles. The van der Waals surface area contributed by atoms with Gasteiger partial charge in [0, 0.05) is 12.9 Å². The Balaban J connectivity index is 2.41. The zero-order valence-corrected chi connectivity index (χ0v) is 13.1. The molecule has 0 bridgehead atoms. The van der Waals surface area contributed by atoms with Crippen molar-refractivity contribution in [1.29, 1.82) is 5.26 Å². The van der Waals surface area contributed by atoms with Crippen LogP contribution in [0.4, 0.5) is 8.78 Å². The normalized spacial score (nSPS) is 12.2. The number of ether oxygens (including phenoxy) is 1. The van der Waals surface area contributed by atoms with Gasteiger partial charge in [0.25, 0.3) is 0 Å². The molecule has 2 aromatic heterocycles. The van der Waals surface area contributed by atoms with Crippen LogP contribution in [0.5, 0.6) is 5.88 Å². The maximum absolute atomic E-state index is 12.6. The highest BCUT2D eigenvalue weighted by Gasteiger charge is 2.31. The third-order valence-electron chi connectivity index (χ3n) is 2.98. The highest BCUT2D eigenvalue weighted by Crippen LogP contribution is 2.33. The highest BCUT2D eigenvalue weighted by molar-refractivity contribution is 6.35. The predicted molar refractivity (Wildman–Crippen MR) is 75.9 cm³/mol. The Morgan fingerprint density at radius 2 is 2.30 bits per heavy atom. The van der Waals surface area contributed by atoms with Crippen molar-refractivity contribution >= 4 is 29.0 Å². The van der Waals surface area contributed by atoms with Crippen LogP contribution in [0.25, 0.3) is 0 Å². The first-order valence-electron chi connectivity index (χ1n) is 6.11. The van der Waals surface area contributed by atoms with Gasteiger partial charge in [0.1, 0.15) is 11.1 Å². The van der Waals surface area contributed by atoms with Crippen molar-refractivity contribution in [2.24, 2.45) is 7.05 Å². The molecule has 0 aliphatic carbocycles. The first-order valence-corrected chi connectivity index (χ1v) is 7.02. The quantitative estimate of drug-likeness (QED) is 0.628. The lowest BCUT2D eigenvalue weighted by atomic mass is 9.97. The van der Waals surface area contributed by atoms with Crippen molar-refractivity contribution < 1.29 is 18.3 Å². The molecule has 0 amide bonds. The van der Waals surface area contributed by atoms with Gasteiger partial charge >= 0.3 is 6.61 Å². The van der Waals surface area contributed by atoms with Crippen LogP contribution in [0.15, 0.2) is 6.20 Å². The minimum atomic E-state index is -3.12. The largest absolute Gasteiger partial charge is 0.416 e. The van der Waals surface area contributed by atoms with E-state index in [4.69, 9.17) is 28.5 Å². The number of hydrogen-bond acceptors (Lipinski definition) is 5. The molecule has 7 nitrogen and oxygen atoms in total. The van der Waals surface area contributed by atoms with Crippen LogP contribution in [0.3, 0.4) is 0 Å². The second-order valence-corrected chi connectivity index (χ2v) is 5.04.